The van der Waals surface area contributed by atoms with Crippen LogP contribution in [0.5, 0.6) is 0 Å². The van der Waals surface area contributed by atoms with Crippen molar-refractivity contribution in [3.8, 4) is 0 Å². The maximum absolute atomic E-state index is 13.8. The fourth-order valence-electron chi connectivity index (χ4n) is 13.2. The third-order valence-corrected chi connectivity index (χ3v) is 20.3. The smallest absolute Gasteiger partial charge is 0.408 e. The Morgan fingerprint density at radius 3 is 1.16 bits per heavy atom. The zero-order valence-electron chi connectivity index (χ0n) is 76.4. The number of nitrogen functional groups attached to an aromatic ring is 2. The van der Waals surface area contributed by atoms with Crippen molar-refractivity contribution in [1.29, 1.82) is 0 Å². The molecule has 0 saturated carbocycles. The van der Waals surface area contributed by atoms with E-state index in [0.29, 0.717) is 0 Å². The van der Waals surface area contributed by atoms with Gasteiger partial charge in [0, 0.05) is 96.3 Å². The zero-order valence-corrected chi connectivity index (χ0v) is 76.4. The minimum absolute atomic E-state index is 0.00398. The summed E-state index contributed by atoms with van der Waals surface area (Å²) >= 11 is 0. The number of aliphatic hydroxyl groups excluding tert-OH is 4. The van der Waals surface area contributed by atoms with Gasteiger partial charge < -0.3 is 106 Å². The average molecular weight is 1830 g/mol. The number of carbonyl (C=O) groups excluding carboxylic acids is 6. The first-order chi connectivity index (χ1) is 60.5. The third kappa shape index (κ3) is 27.8. The average Bonchev–Trinajstić information content (AvgIpc) is 1.61. The van der Waals surface area contributed by atoms with Gasteiger partial charge in [-0.05, 0) is 112 Å². The molecule has 0 aromatic carbocycles. The van der Waals surface area contributed by atoms with Crippen LogP contribution in [0.15, 0.2) is 98.7 Å². The Morgan fingerprint density at radius 1 is 0.508 bits per heavy atom. The van der Waals surface area contributed by atoms with E-state index in [-0.39, 0.29) is 47.4 Å². The molecule has 4 aromatic rings. The number of nitrogens with one attached hydrogen (secondary N) is 1. The number of ether oxygens (including phenoxy) is 10. The van der Waals surface area contributed by atoms with Crippen molar-refractivity contribution in [1.82, 2.24) is 53.3 Å². The number of azide groups is 4. The van der Waals surface area contributed by atoms with Gasteiger partial charge in [0.2, 0.25) is 11.4 Å². The lowest BCUT2D eigenvalue weighted by molar-refractivity contribution is -0.183. The fraction of sp³-hybridized carbons (Fsp3) is 0.688. The summed E-state index contributed by atoms with van der Waals surface area (Å²) in [5.41, 5.74) is 46.6. The second-order valence-corrected chi connectivity index (χ2v) is 34.7. The van der Waals surface area contributed by atoms with Crippen molar-refractivity contribution < 1.29 is 96.6 Å². The van der Waals surface area contributed by atoms with Gasteiger partial charge in [-0.1, -0.05) is 104 Å². The van der Waals surface area contributed by atoms with E-state index in [1.54, 1.807) is 163 Å². The first-order valence-corrected chi connectivity index (χ1v) is 40.8. The summed E-state index contributed by atoms with van der Waals surface area (Å²) < 4.78 is 61.0. The molecule has 4 aliphatic rings. The molecule has 8 heterocycles. The van der Waals surface area contributed by atoms with E-state index in [4.69, 9.17) is 81.4 Å². The highest BCUT2D eigenvalue weighted by Gasteiger charge is 2.61. The van der Waals surface area contributed by atoms with Crippen molar-refractivity contribution >= 4 is 71.9 Å². The normalized spacial score (nSPS) is 26.0. The number of carbonyl (C=O) groups is 6. The molecule has 4 saturated heterocycles. The number of aliphatic hydroxyl groups is 4. The van der Waals surface area contributed by atoms with Gasteiger partial charge in [-0.3, -0.25) is 37.4 Å². The molecule has 0 bridgehead atoms. The van der Waals surface area contributed by atoms with Gasteiger partial charge in [-0.2, -0.15) is 19.9 Å². The van der Waals surface area contributed by atoms with Gasteiger partial charge >= 0.3 is 58.7 Å². The molecule has 20 atom stereocenters. The lowest BCUT2D eigenvalue weighted by Gasteiger charge is -2.32. The number of hydrogen-bond acceptors (Lipinski definition) is 38. The lowest BCUT2D eigenvalue weighted by atomic mass is 9.92. The molecule has 0 aliphatic carbocycles. The summed E-state index contributed by atoms with van der Waals surface area (Å²) in [6.45, 7) is 27.4. The molecule has 130 heavy (non-hydrogen) atoms. The summed E-state index contributed by atoms with van der Waals surface area (Å²) in [7, 11) is 7.06. The van der Waals surface area contributed by atoms with Crippen LogP contribution in [0.2, 0.25) is 0 Å². The molecule has 1 amide bonds. The molecule has 53 nitrogen and oxygen atoms in total. The quantitative estimate of drug-likeness (QED) is 0.00641. The molecule has 4 aromatic heterocycles. The van der Waals surface area contributed by atoms with E-state index in [1.165, 1.54) is 61.7 Å². The maximum Gasteiger partial charge on any atom is 0.408 e. The maximum atomic E-state index is 13.8. The SMILES string of the molecule is CC(C)[C@H](CC(=O)OC(C)(C)C)C(=O)OC[C@@]1(N=[N+]=[N-])O[C@@H](n2ccc(N=CN(C)C)nc2=O)[C@@H](C)[C@@H]1OC(=O)[C@@H](NC(=O)OC(C)(C)C)C(C)C.CC(C)[C@H](N)C(=O)OC[C@@]1(N=[N+]=[N-])O[C@@H](n2ccc(N)nc2=O)[C@@H](C)[C@@H]1OC(=O)[C@@H](N)C(C)C.C[C@@H]1[C@H](n2ccc(N)nc2=O)O[C@@](CO)(N=[N+]=[N-])[C@H]1O.C[C@@H]1[C@H](n2ccc(N=CN(C)C)nc2=O)O[C@@](CO)(N=[N+]=[N-])[C@H]1O. The Morgan fingerprint density at radius 2 is 0.838 bits per heavy atom. The Kier molecular flexibility index (Phi) is 38.4. The first-order valence-electron chi connectivity index (χ1n) is 40.8. The van der Waals surface area contributed by atoms with Crippen molar-refractivity contribution in [3.05, 3.63) is 133 Å². The van der Waals surface area contributed by atoms with Gasteiger partial charge in [0.15, 0.2) is 23.1 Å². The number of nitrogens with zero attached hydrogens (tertiary/aromatic N) is 24. The Hall–Kier alpha value is -12.5. The van der Waals surface area contributed by atoms with E-state index in [2.05, 4.69) is 75.3 Å². The number of hydrogen-bond donors (Lipinski definition) is 9. The summed E-state index contributed by atoms with van der Waals surface area (Å²) in [6.07, 6.45) is -2.21. The molecular weight excluding hydrogens is 1720 g/mol. The van der Waals surface area contributed by atoms with Gasteiger partial charge in [-0.15, -0.1) is 0 Å². The van der Waals surface area contributed by atoms with Crippen molar-refractivity contribution in [3.63, 3.8) is 0 Å². The van der Waals surface area contributed by atoms with Crippen LogP contribution in [0.3, 0.4) is 0 Å². The largest absolute Gasteiger partial charge is 0.462 e. The molecule has 0 unspecified atom stereocenters. The third-order valence-electron chi connectivity index (χ3n) is 20.3. The van der Waals surface area contributed by atoms with Crippen LogP contribution in [-0.4, -0.2) is 248 Å². The Bertz CT molecular complexity index is 5120. The molecule has 4 fully saturated rings. The van der Waals surface area contributed by atoms with E-state index >= 15 is 0 Å². The monoisotopic (exact) mass is 1830 g/mol. The number of nitrogens with two attached hydrogens (primary N) is 4. The van der Waals surface area contributed by atoms with Crippen LogP contribution in [0.25, 0.3) is 41.8 Å². The second-order valence-electron chi connectivity index (χ2n) is 34.7. The van der Waals surface area contributed by atoms with E-state index < -0.39 is 222 Å². The molecule has 53 heteroatoms. The highest BCUT2D eigenvalue weighted by molar-refractivity contribution is 5.82. The van der Waals surface area contributed by atoms with Crippen molar-refractivity contribution in [2.24, 2.45) is 95.2 Å². The van der Waals surface area contributed by atoms with Crippen LogP contribution >= 0.6 is 0 Å². The van der Waals surface area contributed by atoms with Gasteiger partial charge in [0.05, 0.1) is 50.4 Å². The highest BCUT2D eigenvalue weighted by atomic mass is 16.7. The molecule has 716 valence electrons. The minimum atomic E-state index is -2.22. The number of esters is 5. The molecule has 13 N–H and O–H groups in total. The van der Waals surface area contributed by atoms with E-state index in [0.717, 1.165) is 18.3 Å². The van der Waals surface area contributed by atoms with Crippen molar-refractivity contribution in [2.45, 2.75) is 233 Å². The van der Waals surface area contributed by atoms with E-state index in [1.807, 2.05) is 0 Å². The van der Waals surface area contributed by atoms with Crippen LogP contribution in [0.4, 0.5) is 28.1 Å². The number of anilines is 2. The predicted molar refractivity (Wildman–Crippen MR) is 461 cm³/mol. The molecule has 4 aliphatic heterocycles. The summed E-state index contributed by atoms with van der Waals surface area (Å²) in [4.78, 5) is 165. The summed E-state index contributed by atoms with van der Waals surface area (Å²) in [5, 5.41) is 55.9. The van der Waals surface area contributed by atoms with E-state index in [9.17, 15) is 79.4 Å². The predicted octanol–water partition coefficient (Wildman–Crippen LogP) is 4.40. The Balaban J connectivity index is 0.000000328. The second kappa shape index (κ2) is 46.2. The number of aliphatic imine (C=N–C) groups is 2. The number of aromatic nitrogens is 8. The van der Waals surface area contributed by atoms with Crippen LogP contribution < -0.4 is 51.0 Å². The van der Waals surface area contributed by atoms with Gasteiger partial charge in [0.25, 0.3) is 0 Å². The van der Waals surface area contributed by atoms with Gasteiger partial charge in [-0.25, -0.2) is 38.8 Å². The van der Waals surface area contributed by atoms with Crippen LogP contribution in [0, 0.1) is 53.3 Å². The first kappa shape index (κ1) is 108. The Labute approximate surface area is 745 Å². The van der Waals surface area contributed by atoms with Crippen LogP contribution in [0.1, 0.15) is 156 Å². The molecule has 0 spiro atoms. The fourth-order valence-corrected chi connectivity index (χ4v) is 13.2. The lowest BCUT2D eigenvalue weighted by Crippen LogP contribution is -2.52. The number of alkyl carbamates (subject to hydrolysis) is 1. The standard InChI is InChI=1S/C34H54N8O10.C20H32N8O6.C13H19N7O4.C10H14N6O4/c1-19(2)22(16-24(43)50-32(6,7)8)28(44)48-17-34(39-40-35)26(49-29(45)25(20(3)4)38-31(47)52-33(9,10)11)21(5)27(51-34)42-15-14-23(37-30(42)46)36-18-41(12)13;1-9(2)13(22)17(29)32-8-20(26-27-24)15(33-18(30)14(23)10(3)4)11(5)16(34-20)28-7-6-12(21)25-19(28)31;1-8-10(22)13(6-21,17-18-14)24-11(8)20-5-4-9(16-12(20)23)15-7-19(2)3;1-5-7(18)10(4-17,14-15-12)20-8(5)16-3-2-6(11)13-9(16)19/h14-15,18-22,25-27H,16-17H2,1-13H3,(H,38,47);6-7,9-11,13-16H,8,22-23H2,1-5H3,(H2,21,25,31);4-5,7-8,10-11,21-22H,6H2,1-3H3;2-3,5,7-8,17-18H,4H2,1H3,(H2,11,13,19)/t21-,22-,25-,26-,27+,34+;11-,13-,14-,15-,16+,20+;8-,10-,11+,13+;5-,7-,8+,10+/m0000/s1. The topological polar surface area (TPSA) is 758 Å². The summed E-state index contributed by atoms with van der Waals surface area (Å²) in [5.74, 6) is -8.74. The minimum Gasteiger partial charge on any atom is -0.462 e. The highest BCUT2D eigenvalue weighted by Crippen LogP contribution is 2.48. The zero-order chi connectivity index (χ0) is 98.4. The summed E-state index contributed by atoms with van der Waals surface area (Å²) in [6, 6.07) is 2.58. The molecule has 8 rings (SSSR count). The molecule has 0 radical (unpaired) electrons. The number of amides is 1. The van der Waals surface area contributed by atoms with Gasteiger partial charge in [0.1, 0.15) is 91.3 Å². The number of rotatable bonds is 31. The molecular formula is C77H119N29O24. The van der Waals surface area contributed by atoms with Crippen LogP contribution in [-0.2, 0) is 71.3 Å². The van der Waals surface area contributed by atoms with Crippen molar-refractivity contribution in [2.75, 3.05) is 66.1 Å².